The van der Waals surface area contributed by atoms with Crippen LogP contribution in [-0.4, -0.2) is 19.1 Å². The Bertz CT molecular complexity index is 493. The van der Waals surface area contributed by atoms with Crippen molar-refractivity contribution in [3.05, 3.63) is 35.4 Å². The third kappa shape index (κ3) is 3.89. The molecule has 2 N–H and O–H groups in total. The van der Waals surface area contributed by atoms with Crippen molar-refractivity contribution in [2.75, 3.05) is 5.23 Å². The van der Waals surface area contributed by atoms with Crippen LogP contribution >= 0.6 is 0 Å². The summed E-state index contributed by atoms with van der Waals surface area (Å²) >= 11 is 0. The van der Waals surface area contributed by atoms with Crippen LogP contribution in [0.15, 0.2) is 24.3 Å². The molecule has 0 amide bonds. The average molecular weight is 271 g/mol. The Morgan fingerprint density at radius 1 is 1.35 bits per heavy atom. The van der Waals surface area contributed by atoms with Gasteiger partial charge in [0, 0.05) is 5.69 Å². The van der Waals surface area contributed by atoms with Crippen molar-refractivity contribution in [3.63, 3.8) is 0 Å². The summed E-state index contributed by atoms with van der Waals surface area (Å²) in [7, 11) is 1.75. The van der Waals surface area contributed by atoms with Crippen molar-refractivity contribution >= 4 is 25.7 Å². The highest BCUT2D eigenvalue weighted by Crippen LogP contribution is 2.27. The van der Waals surface area contributed by atoms with Gasteiger partial charge in [-0.1, -0.05) is 50.3 Å². The number of nitrogens with one attached hydrogen (secondary N) is 1. The summed E-state index contributed by atoms with van der Waals surface area (Å²) in [6.07, 6.45) is 12.3. The quantitative estimate of drug-likeness (QED) is 0.807. The fraction of sp³-hybridized carbons (Fsp3) is 0.438. The molecule has 0 atom stereocenters. The molecule has 106 valence electrons. The molecular formula is C16H22BNO2. The van der Waals surface area contributed by atoms with E-state index in [1.54, 1.807) is 14.0 Å². The largest absolute Gasteiger partial charge is 0.478 e. The maximum atomic E-state index is 11.1. The van der Waals surface area contributed by atoms with Gasteiger partial charge in [0.15, 0.2) is 0 Å². The molecule has 20 heavy (non-hydrogen) atoms. The molecule has 3 nitrogen and oxygen atoms in total. The number of carbonyl (C=O) groups is 1. The number of aromatic carboxylic acids is 1. The lowest BCUT2D eigenvalue weighted by Crippen LogP contribution is -2.04. The van der Waals surface area contributed by atoms with Crippen molar-refractivity contribution in [2.45, 2.75) is 38.5 Å². The van der Waals surface area contributed by atoms with Gasteiger partial charge >= 0.3 is 5.97 Å². The van der Waals surface area contributed by atoms with E-state index in [1.165, 1.54) is 32.1 Å². The van der Waals surface area contributed by atoms with E-state index in [-0.39, 0.29) is 0 Å². The van der Waals surface area contributed by atoms with Crippen molar-refractivity contribution in [1.82, 2.24) is 0 Å². The fourth-order valence-electron chi connectivity index (χ4n) is 2.88. The molecular weight excluding hydrogens is 249 g/mol. The number of anilines is 1. The van der Waals surface area contributed by atoms with E-state index in [9.17, 15) is 4.79 Å². The predicted molar refractivity (Wildman–Crippen MR) is 85.8 cm³/mol. The lowest BCUT2D eigenvalue weighted by atomic mass is 9.87. The molecule has 1 aliphatic rings. The highest BCUT2D eigenvalue weighted by Gasteiger charge is 2.11. The molecule has 0 heterocycles. The van der Waals surface area contributed by atoms with Gasteiger partial charge in [0.05, 0.1) is 5.56 Å². The first kappa shape index (κ1) is 14.7. The molecule has 0 spiro atoms. The Balaban J connectivity index is 2.00. The molecule has 0 bridgehead atoms. The van der Waals surface area contributed by atoms with Gasteiger partial charge in [-0.15, -0.1) is 0 Å². The fourth-order valence-corrected chi connectivity index (χ4v) is 2.88. The lowest BCUT2D eigenvalue weighted by molar-refractivity contribution is 0.0698. The van der Waals surface area contributed by atoms with Crippen LogP contribution in [0.1, 0.15) is 54.4 Å². The Morgan fingerprint density at radius 2 is 2.10 bits per heavy atom. The third-order valence-electron chi connectivity index (χ3n) is 4.05. The molecule has 1 aliphatic carbocycles. The minimum atomic E-state index is -0.896. The highest BCUT2D eigenvalue weighted by atomic mass is 16.4. The highest BCUT2D eigenvalue weighted by molar-refractivity contribution is 6.17. The van der Waals surface area contributed by atoms with Crippen molar-refractivity contribution in [3.8, 4) is 0 Å². The smallest absolute Gasteiger partial charge is 0.337 e. The van der Waals surface area contributed by atoms with Gasteiger partial charge in [-0.3, -0.25) is 0 Å². The zero-order chi connectivity index (χ0) is 14.4. The molecule has 1 saturated carbocycles. The average Bonchev–Trinajstić information content (AvgIpc) is 2.48. The first-order valence-electron chi connectivity index (χ1n) is 7.42. The van der Waals surface area contributed by atoms with Gasteiger partial charge in [0.1, 0.15) is 0 Å². The zero-order valence-electron chi connectivity index (χ0n) is 12.1. The second-order valence-corrected chi connectivity index (χ2v) is 5.50. The van der Waals surface area contributed by atoms with Crippen LogP contribution in [0, 0.1) is 5.92 Å². The number of rotatable bonds is 5. The van der Waals surface area contributed by atoms with Gasteiger partial charge in [-0.25, -0.2) is 4.79 Å². The van der Waals surface area contributed by atoms with Crippen LogP contribution in [-0.2, 0) is 0 Å². The SMILES string of the molecule is BNc1cc(/C=C/CC2CCCCC2)ccc1C(=O)O. The Labute approximate surface area is 121 Å². The summed E-state index contributed by atoms with van der Waals surface area (Å²) in [6.45, 7) is 0. The molecule has 2 rings (SSSR count). The Kier molecular flexibility index (Phi) is 5.27. The van der Waals surface area contributed by atoms with Crippen molar-refractivity contribution in [2.24, 2.45) is 5.92 Å². The molecule has 0 aliphatic heterocycles. The van der Waals surface area contributed by atoms with Gasteiger partial charge in [0.2, 0.25) is 7.98 Å². The van der Waals surface area contributed by atoms with E-state index in [0.29, 0.717) is 11.3 Å². The number of carboxylic acid groups (broad SMARTS) is 1. The van der Waals surface area contributed by atoms with E-state index in [4.69, 9.17) is 5.11 Å². The molecule has 1 fully saturated rings. The maximum Gasteiger partial charge on any atom is 0.337 e. The normalized spacial score (nSPS) is 16.4. The van der Waals surface area contributed by atoms with Crippen molar-refractivity contribution < 1.29 is 9.90 Å². The second kappa shape index (κ2) is 7.18. The predicted octanol–water partition coefficient (Wildman–Crippen LogP) is 3.33. The Morgan fingerprint density at radius 3 is 2.75 bits per heavy atom. The first-order chi connectivity index (χ1) is 9.70. The summed E-state index contributed by atoms with van der Waals surface area (Å²) in [5, 5.41) is 12.0. The minimum absolute atomic E-state index is 0.317. The van der Waals surface area contributed by atoms with Crippen molar-refractivity contribution in [1.29, 1.82) is 0 Å². The molecule has 0 aromatic heterocycles. The van der Waals surface area contributed by atoms with E-state index in [0.717, 1.165) is 17.9 Å². The number of hydrogen-bond acceptors (Lipinski definition) is 2. The number of hydrogen-bond donors (Lipinski definition) is 2. The first-order valence-corrected chi connectivity index (χ1v) is 7.42. The number of carboxylic acids is 1. The minimum Gasteiger partial charge on any atom is -0.478 e. The standard InChI is InChI=1S/C16H22BNO2/c17-18-15-11-13(9-10-14(15)16(19)20)8-4-7-12-5-2-1-3-6-12/h4,8-12,18H,1-3,5-7,17H2,(H,19,20)/b8-4+. The van der Waals surface area contributed by atoms with Gasteiger partial charge in [0.25, 0.3) is 0 Å². The molecule has 0 unspecified atom stereocenters. The molecule has 1 aromatic carbocycles. The van der Waals surface area contributed by atoms with Gasteiger partial charge in [-0.05, 0) is 30.0 Å². The number of allylic oxidation sites excluding steroid dienone is 1. The third-order valence-corrected chi connectivity index (χ3v) is 4.05. The van der Waals surface area contributed by atoms with Gasteiger partial charge in [-0.2, -0.15) is 0 Å². The molecule has 1 aromatic rings. The van der Waals surface area contributed by atoms with E-state index < -0.39 is 5.97 Å². The molecule has 0 radical (unpaired) electrons. The van der Waals surface area contributed by atoms with Crippen LogP contribution in [0.3, 0.4) is 0 Å². The molecule has 0 saturated heterocycles. The second-order valence-electron chi connectivity index (χ2n) is 5.50. The zero-order valence-corrected chi connectivity index (χ0v) is 12.1. The summed E-state index contributed by atoms with van der Waals surface area (Å²) < 4.78 is 0. The van der Waals surface area contributed by atoms with Crippen LogP contribution < -0.4 is 5.23 Å². The lowest BCUT2D eigenvalue weighted by Gasteiger charge is -2.19. The summed E-state index contributed by atoms with van der Waals surface area (Å²) in [4.78, 5) is 11.1. The maximum absolute atomic E-state index is 11.1. The topological polar surface area (TPSA) is 49.3 Å². The summed E-state index contributed by atoms with van der Waals surface area (Å²) in [6, 6.07) is 5.41. The monoisotopic (exact) mass is 271 g/mol. The van der Waals surface area contributed by atoms with Crippen LogP contribution in [0.5, 0.6) is 0 Å². The summed E-state index contributed by atoms with van der Waals surface area (Å²) in [5.74, 6) is -0.0610. The number of benzene rings is 1. The van der Waals surface area contributed by atoms with E-state index in [2.05, 4.69) is 17.4 Å². The van der Waals surface area contributed by atoms with Crippen LogP contribution in [0.4, 0.5) is 5.69 Å². The van der Waals surface area contributed by atoms with E-state index >= 15 is 0 Å². The van der Waals surface area contributed by atoms with E-state index in [1.807, 2.05) is 12.1 Å². The van der Waals surface area contributed by atoms with Gasteiger partial charge < -0.3 is 10.3 Å². The van der Waals surface area contributed by atoms with Crippen LogP contribution in [0.25, 0.3) is 6.08 Å². The Hall–Kier alpha value is -1.71. The molecule has 4 heteroatoms. The van der Waals surface area contributed by atoms with Crippen LogP contribution in [0.2, 0.25) is 0 Å². The summed E-state index contributed by atoms with van der Waals surface area (Å²) in [5.41, 5.74) is 2.03.